The average molecular weight is 441 g/mol. The molecule has 0 N–H and O–H groups in total. The molecular weight excluding hydrogens is 408 g/mol. The molecular formula is C34H32. The normalized spacial score (nSPS) is 11.4. The third kappa shape index (κ3) is 5.25. The summed E-state index contributed by atoms with van der Waals surface area (Å²) in [5.74, 6) is 13.8. The lowest BCUT2D eigenvalue weighted by atomic mass is 9.79. The summed E-state index contributed by atoms with van der Waals surface area (Å²) in [6.07, 6.45) is 0. The first-order valence-corrected chi connectivity index (χ1v) is 11.9. The van der Waals surface area contributed by atoms with Crippen LogP contribution in [0.5, 0.6) is 0 Å². The van der Waals surface area contributed by atoms with E-state index in [0.29, 0.717) is 0 Å². The summed E-state index contributed by atoms with van der Waals surface area (Å²) in [5, 5.41) is 2.34. The molecule has 0 aliphatic rings. The molecule has 0 aromatic heterocycles. The van der Waals surface area contributed by atoms with Crippen molar-refractivity contribution in [2.75, 3.05) is 0 Å². The lowest BCUT2D eigenvalue weighted by Gasteiger charge is -2.25. The van der Waals surface area contributed by atoms with E-state index >= 15 is 0 Å². The average Bonchev–Trinajstić information content (AvgIpc) is 2.81. The Bertz CT molecular complexity index is 1430. The number of hydrogen-bond donors (Lipinski definition) is 0. The standard InChI is InChI=1S/C34H32/c1-33(2,3)28-20-22-29-30(21-18-26-15-11-8-12-16-26)32(34(4,5)6)23-27(31(29)24-28)19-17-25-13-9-7-10-14-25/h7-16,20,22-24H,1-6H3. The largest absolute Gasteiger partial charge is 0.0622 e. The van der Waals surface area contributed by atoms with Gasteiger partial charge in [0.15, 0.2) is 0 Å². The van der Waals surface area contributed by atoms with Crippen LogP contribution in [0.3, 0.4) is 0 Å². The number of rotatable bonds is 0. The predicted molar refractivity (Wildman–Crippen MR) is 146 cm³/mol. The van der Waals surface area contributed by atoms with Crippen molar-refractivity contribution in [3.05, 3.63) is 118 Å². The third-order valence-corrected chi connectivity index (χ3v) is 6.03. The van der Waals surface area contributed by atoms with E-state index in [1.807, 2.05) is 36.4 Å². The first-order valence-electron chi connectivity index (χ1n) is 11.9. The first kappa shape index (κ1) is 23.4. The van der Waals surface area contributed by atoms with Crippen LogP contribution in [0.2, 0.25) is 0 Å². The summed E-state index contributed by atoms with van der Waals surface area (Å²) >= 11 is 0. The van der Waals surface area contributed by atoms with Crippen molar-refractivity contribution < 1.29 is 0 Å². The highest BCUT2D eigenvalue weighted by molar-refractivity contribution is 5.95. The fraction of sp³-hybridized carbons (Fsp3) is 0.235. The molecule has 0 aliphatic heterocycles. The van der Waals surface area contributed by atoms with Gasteiger partial charge in [-0.3, -0.25) is 0 Å². The molecule has 4 rings (SSSR count). The van der Waals surface area contributed by atoms with Crippen LogP contribution in [-0.4, -0.2) is 0 Å². The van der Waals surface area contributed by atoms with E-state index in [0.717, 1.165) is 22.3 Å². The molecule has 0 bridgehead atoms. The van der Waals surface area contributed by atoms with E-state index in [1.165, 1.54) is 21.9 Å². The van der Waals surface area contributed by atoms with Gasteiger partial charge in [0.2, 0.25) is 0 Å². The maximum absolute atomic E-state index is 3.54. The Balaban J connectivity index is 2.03. The molecule has 0 saturated heterocycles. The van der Waals surface area contributed by atoms with Crippen molar-refractivity contribution in [1.82, 2.24) is 0 Å². The molecule has 0 unspecified atom stereocenters. The van der Waals surface area contributed by atoms with Gasteiger partial charge in [0.25, 0.3) is 0 Å². The zero-order valence-electron chi connectivity index (χ0n) is 21.1. The highest BCUT2D eigenvalue weighted by Crippen LogP contribution is 2.35. The smallest absolute Gasteiger partial charge is 0.0365 e. The highest BCUT2D eigenvalue weighted by Gasteiger charge is 2.22. The SMILES string of the molecule is CC(C)(C)c1ccc2c(C#Cc3ccccc3)c(C(C)(C)C)cc(C#Cc3ccccc3)c2c1. The van der Waals surface area contributed by atoms with E-state index in [-0.39, 0.29) is 10.8 Å². The van der Waals surface area contributed by atoms with Crippen molar-refractivity contribution in [3.63, 3.8) is 0 Å². The van der Waals surface area contributed by atoms with Gasteiger partial charge in [-0.1, -0.05) is 114 Å². The molecule has 0 radical (unpaired) electrons. The second-order valence-electron chi connectivity index (χ2n) is 10.8. The summed E-state index contributed by atoms with van der Waals surface area (Å²) < 4.78 is 0. The lowest BCUT2D eigenvalue weighted by molar-refractivity contribution is 0.588. The Morgan fingerprint density at radius 3 is 1.59 bits per heavy atom. The van der Waals surface area contributed by atoms with Crippen molar-refractivity contribution in [3.8, 4) is 23.7 Å². The Hall–Kier alpha value is -3.74. The molecule has 0 fully saturated rings. The quantitative estimate of drug-likeness (QED) is 0.242. The van der Waals surface area contributed by atoms with Gasteiger partial charge in [0, 0.05) is 22.3 Å². The van der Waals surface area contributed by atoms with Crippen LogP contribution in [-0.2, 0) is 10.8 Å². The molecule has 0 nitrogen and oxygen atoms in total. The molecule has 0 amide bonds. The summed E-state index contributed by atoms with van der Waals surface area (Å²) in [6.45, 7) is 13.5. The number of hydrogen-bond acceptors (Lipinski definition) is 0. The minimum absolute atomic E-state index is 0.0525. The van der Waals surface area contributed by atoms with E-state index in [2.05, 4.69) is 114 Å². The van der Waals surface area contributed by atoms with E-state index in [1.54, 1.807) is 0 Å². The second kappa shape index (κ2) is 9.25. The number of fused-ring (bicyclic) bond motifs is 1. The van der Waals surface area contributed by atoms with Crippen LogP contribution in [0.15, 0.2) is 84.9 Å². The lowest BCUT2D eigenvalue weighted by Crippen LogP contribution is -2.15. The molecule has 0 spiro atoms. The highest BCUT2D eigenvalue weighted by atomic mass is 14.3. The topological polar surface area (TPSA) is 0 Å². The second-order valence-corrected chi connectivity index (χ2v) is 10.8. The molecule has 4 aromatic rings. The van der Waals surface area contributed by atoms with Gasteiger partial charge in [-0.05, 0) is 69.1 Å². The first-order chi connectivity index (χ1) is 16.1. The van der Waals surface area contributed by atoms with Gasteiger partial charge in [0.1, 0.15) is 0 Å². The van der Waals surface area contributed by atoms with Gasteiger partial charge in [-0.2, -0.15) is 0 Å². The van der Waals surface area contributed by atoms with Crippen molar-refractivity contribution in [1.29, 1.82) is 0 Å². The van der Waals surface area contributed by atoms with Crippen LogP contribution in [0.25, 0.3) is 10.8 Å². The van der Waals surface area contributed by atoms with Gasteiger partial charge in [-0.25, -0.2) is 0 Å². The minimum Gasteiger partial charge on any atom is -0.0622 e. The molecule has 0 atom stereocenters. The Kier molecular flexibility index (Phi) is 6.37. The predicted octanol–water partition coefficient (Wildman–Crippen LogP) is 8.23. The summed E-state index contributed by atoms with van der Waals surface area (Å²) in [5.41, 5.74) is 6.70. The Morgan fingerprint density at radius 2 is 1.06 bits per heavy atom. The van der Waals surface area contributed by atoms with Crippen LogP contribution in [0.1, 0.15) is 74.9 Å². The molecule has 0 heterocycles. The molecule has 34 heavy (non-hydrogen) atoms. The summed E-state index contributed by atoms with van der Waals surface area (Å²) in [6, 6.07) is 29.5. The van der Waals surface area contributed by atoms with E-state index in [9.17, 15) is 0 Å². The fourth-order valence-corrected chi connectivity index (χ4v) is 4.04. The van der Waals surface area contributed by atoms with Gasteiger partial charge in [-0.15, -0.1) is 0 Å². The van der Waals surface area contributed by atoms with Gasteiger partial charge >= 0.3 is 0 Å². The maximum Gasteiger partial charge on any atom is 0.0365 e. The van der Waals surface area contributed by atoms with Gasteiger partial charge < -0.3 is 0 Å². The summed E-state index contributed by atoms with van der Waals surface area (Å²) in [4.78, 5) is 0. The van der Waals surface area contributed by atoms with Crippen molar-refractivity contribution in [2.45, 2.75) is 52.4 Å². The summed E-state index contributed by atoms with van der Waals surface area (Å²) in [7, 11) is 0. The van der Waals surface area contributed by atoms with Crippen LogP contribution in [0.4, 0.5) is 0 Å². The molecule has 0 aliphatic carbocycles. The molecule has 4 aromatic carbocycles. The Morgan fingerprint density at radius 1 is 0.500 bits per heavy atom. The van der Waals surface area contributed by atoms with E-state index in [4.69, 9.17) is 0 Å². The van der Waals surface area contributed by atoms with Crippen molar-refractivity contribution >= 4 is 10.8 Å². The molecule has 0 saturated carbocycles. The van der Waals surface area contributed by atoms with Crippen LogP contribution in [0, 0.1) is 23.7 Å². The zero-order valence-corrected chi connectivity index (χ0v) is 21.1. The zero-order chi connectivity index (χ0) is 24.3. The van der Waals surface area contributed by atoms with Gasteiger partial charge in [0.05, 0.1) is 0 Å². The number of benzene rings is 4. The van der Waals surface area contributed by atoms with E-state index < -0.39 is 0 Å². The Labute approximate surface area is 205 Å². The third-order valence-electron chi connectivity index (χ3n) is 6.03. The maximum atomic E-state index is 3.54. The minimum atomic E-state index is -0.0687. The van der Waals surface area contributed by atoms with Crippen LogP contribution < -0.4 is 0 Å². The van der Waals surface area contributed by atoms with Crippen LogP contribution >= 0.6 is 0 Å². The molecule has 168 valence electrons. The molecule has 0 heteroatoms. The monoisotopic (exact) mass is 440 g/mol. The fourth-order valence-electron chi connectivity index (χ4n) is 4.04. The van der Waals surface area contributed by atoms with Crippen molar-refractivity contribution in [2.24, 2.45) is 0 Å².